The van der Waals surface area contributed by atoms with E-state index in [-0.39, 0.29) is 17.8 Å². The maximum absolute atomic E-state index is 12.5. The molecule has 8 heteroatoms. The predicted molar refractivity (Wildman–Crippen MR) is 63.3 cm³/mol. The fourth-order valence-electron chi connectivity index (χ4n) is 1.91. The second kappa shape index (κ2) is 4.84. The van der Waals surface area contributed by atoms with E-state index in [4.69, 9.17) is 10.8 Å². The van der Waals surface area contributed by atoms with E-state index in [0.29, 0.717) is 13.0 Å². The zero-order valence-electron chi connectivity index (χ0n) is 10.2. The third-order valence-electron chi connectivity index (χ3n) is 3.28. The number of nitrogens with one attached hydrogen (secondary N) is 1. The summed E-state index contributed by atoms with van der Waals surface area (Å²) < 4.78 is 37.6. The smallest absolute Gasteiger partial charge is 0.396 e. The molecule has 5 nitrogen and oxygen atoms in total. The van der Waals surface area contributed by atoms with Crippen molar-refractivity contribution in [2.24, 2.45) is 5.41 Å². The van der Waals surface area contributed by atoms with Crippen molar-refractivity contribution in [2.75, 3.05) is 24.2 Å². The lowest BCUT2D eigenvalue weighted by atomic mass is 10.0. The summed E-state index contributed by atoms with van der Waals surface area (Å²) in [6, 6.07) is 0.839. The van der Waals surface area contributed by atoms with Gasteiger partial charge in [-0.05, 0) is 24.7 Å². The summed E-state index contributed by atoms with van der Waals surface area (Å²) in [6.45, 7) is 0.544. The average molecular weight is 276 g/mol. The molecule has 1 saturated carbocycles. The van der Waals surface area contributed by atoms with Crippen LogP contribution in [0.2, 0.25) is 0 Å². The lowest BCUT2D eigenvalue weighted by molar-refractivity contribution is -0.141. The Morgan fingerprint density at radius 1 is 1.37 bits per heavy atom. The number of anilines is 2. The molecule has 1 heterocycles. The Balaban J connectivity index is 2.06. The lowest BCUT2D eigenvalue weighted by Crippen LogP contribution is -2.19. The number of nitrogen functional groups attached to an aromatic ring is 1. The van der Waals surface area contributed by atoms with Crippen LogP contribution in [0.3, 0.4) is 0 Å². The van der Waals surface area contributed by atoms with Gasteiger partial charge in [-0.3, -0.25) is 0 Å². The Morgan fingerprint density at radius 2 is 2.05 bits per heavy atom. The van der Waals surface area contributed by atoms with Crippen molar-refractivity contribution in [1.82, 2.24) is 9.97 Å². The second-order valence-corrected chi connectivity index (χ2v) is 4.82. The number of aliphatic hydroxyl groups is 1. The number of aliphatic hydroxyl groups excluding tert-OH is 1. The van der Waals surface area contributed by atoms with Gasteiger partial charge in [-0.2, -0.15) is 18.2 Å². The molecule has 1 aliphatic rings. The Kier molecular flexibility index (Phi) is 3.53. The number of hydrogen-bond acceptors (Lipinski definition) is 5. The highest BCUT2D eigenvalue weighted by atomic mass is 19.4. The molecule has 0 spiro atoms. The van der Waals surface area contributed by atoms with Crippen molar-refractivity contribution in [3.05, 3.63) is 11.8 Å². The van der Waals surface area contributed by atoms with Crippen LogP contribution in [0.4, 0.5) is 24.9 Å². The van der Waals surface area contributed by atoms with Crippen LogP contribution in [0.25, 0.3) is 0 Å². The number of alkyl halides is 3. The van der Waals surface area contributed by atoms with Crippen LogP contribution in [0.5, 0.6) is 0 Å². The largest absolute Gasteiger partial charge is 0.433 e. The Bertz CT molecular complexity index is 460. The van der Waals surface area contributed by atoms with E-state index in [1.165, 1.54) is 0 Å². The molecule has 4 N–H and O–H groups in total. The van der Waals surface area contributed by atoms with Crippen LogP contribution in [-0.2, 0) is 6.18 Å². The molecule has 1 aromatic rings. The lowest BCUT2D eigenvalue weighted by Gasteiger charge is -2.16. The first kappa shape index (κ1) is 13.9. The topological polar surface area (TPSA) is 84.1 Å². The molecule has 19 heavy (non-hydrogen) atoms. The highest BCUT2D eigenvalue weighted by Gasteiger charge is 2.41. The zero-order valence-corrected chi connectivity index (χ0v) is 10.2. The van der Waals surface area contributed by atoms with Crippen LogP contribution in [0.1, 0.15) is 25.0 Å². The Morgan fingerprint density at radius 3 is 2.58 bits per heavy atom. The monoisotopic (exact) mass is 276 g/mol. The van der Waals surface area contributed by atoms with Crippen LogP contribution >= 0.6 is 0 Å². The fraction of sp³-hybridized carbons (Fsp3) is 0.636. The number of nitrogens with zero attached hydrogens (tertiary/aromatic N) is 2. The van der Waals surface area contributed by atoms with Crippen LogP contribution < -0.4 is 11.1 Å². The second-order valence-electron chi connectivity index (χ2n) is 4.82. The third-order valence-corrected chi connectivity index (χ3v) is 3.28. The maximum atomic E-state index is 12.5. The summed E-state index contributed by atoms with van der Waals surface area (Å²) in [6.07, 6.45) is -2.01. The summed E-state index contributed by atoms with van der Waals surface area (Å²) in [5.41, 5.74) is 4.19. The van der Waals surface area contributed by atoms with E-state index in [9.17, 15) is 13.2 Å². The van der Waals surface area contributed by atoms with Crippen molar-refractivity contribution < 1.29 is 18.3 Å². The molecule has 0 bridgehead atoms. The SMILES string of the molecule is Nc1nc(NCC2(CCO)CC2)cc(C(F)(F)F)n1. The van der Waals surface area contributed by atoms with Crippen molar-refractivity contribution >= 4 is 11.8 Å². The summed E-state index contributed by atoms with van der Waals surface area (Å²) >= 11 is 0. The van der Waals surface area contributed by atoms with Crippen molar-refractivity contribution in [2.45, 2.75) is 25.4 Å². The minimum absolute atomic E-state index is 0.0210. The third kappa shape index (κ3) is 3.46. The molecular weight excluding hydrogens is 261 g/mol. The molecule has 0 unspecified atom stereocenters. The van der Waals surface area contributed by atoms with Gasteiger partial charge in [-0.1, -0.05) is 0 Å². The van der Waals surface area contributed by atoms with Crippen LogP contribution in [-0.4, -0.2) is 28.2 Å². The highest BCUT2D eigenvalue weighted by molar-refractivity contribution is 5.41. The van der Waals surface area contributed by atoms with E-state index in [1.54, 1.807) is 0 Å². The van der Waals surface area contributed by atoms with Gasteiger partial charge >= 0.3 is 6.18 Å². The summed E-state index contributed by atoms with van der Waals surface area (Å²) in [7, 11) is 0. The molecule has 106 valence electrons. The van der Waals surface area contributed by atoms with Gasteiger partial charge in [0.2, 0.25) is 5.95 Å². The minimum Gasteiger partial charge on any atom is -0.396 e. The fourth-order valence-corrected chi connectivity index (χ4v) is 1.91. The molecule has 0 atom stereocenters. The number of hydrogen-bond donors (Lipinski definition) is 3. The molecule has 0 radical (unpaired) electrons. The molecule has 1 fully saturated rings. The van der Waals surface area contributed by atoms with Crippen molar-refractivity contribution in [3.8, 4) is 0 Å². The Hall–Kier alpha value is -1.57. The molecule has 2 rings (SSSR count). The van der Waals surface area contributed by atoms with Gasteiger partial charge in [0.25, 0.3) is 0 Å². The van der Waals surface area contributed by atoms with Gasteiger partial charge in [0.1, 0.15) is 5.82 Å². The van der Waals surface area contributed by atoms with Gasteiger partial charge in [0, 0.05) is 19.2 Å². The van der Waals surface area contributed by atoms with E-state index in [1.807, 2.05) is 0 Å². The Labute approximate surface area is 108 Å². The van der Waals surface area contributed by atoms with Crippen LogP contribution in [0, 0.1) is 5.41 Å². The van der Waals surface area contributed by atoms with Gasteiger partial charge in [-0.15, -0.1) is 0 Å². The van der Waals surface area contributed by atoms with Gasteiger partial charge < -0.3 is 16.2 Å². The normalized spacial score (nSPS) is 17.3. The minimum atomic E-state index is -4.55. The molecule has 0 aromatic carbocycles. The van der Waals surface area contributed by atoms with E-state index < -0.39 is 17.8 Å². The molecule has 0 saturated heterocycles. The van der Waals surface area contributed by atoms with E-state index >= 15 is 0 Å². The number of nitrogens with two attached hydrogens (primary N) is 1. The standard InChI is InChI=1S/C11H15F3N4O/c12-11(13,14)7-5-8(18-9(15)17-7)16-6-10(1-2-10)3-4-19/h5,19H,1-4,6H2,(H3,15,16,17,18). The summed E-state index contributed by atoms with van der Waals surface area (Å²) in [5.74, 6) is -0.353. The molecule has 0 aliphatic heterocycles. The molecule has 1 aliphatic carbocycles. The number of rotatable bonds is 5. The quantitative estimate of drug-likeness (QED) is 0.761. The number of aromatic nitrogens is 2. The molecular formula is C11H15F3N4O. The average Bonchev–Trinajstić information content (AvgIpc) is 3.06. The van der Waals surface area contributed by atoms with Gasteiger partial charge in [0.05, 0.1) is 0 Å². The summed E-state index contributed by atoms with van der Waals surface area (Å²) in [5, 5.41) is 11.8. The summed E-state index contributed by atoms with van der Waals surface area (Å²) in [4.78, 5) is 6.89. The first-order chi connectivity index (χ1) is 8.85. The molecule has 1 aromatic heterocycles. The van der Waals surface area contributed by atoms with E-state index in [2.05, 4.69) is 15.3 Å². The van der Waals surface area contributed by atoms with Crippen LogP contribution in [0.15, 0.2) is 6.07 Å². The maximum Gasteiger partial charge on any atom is 0.433 e. The molecule has 0 amide bonds. The zero-order chi connectivity index (χ0) is 14.1. The number of halogens is 3. The first-order valence-corrected chi connectivity index (χ1v) is 5.91. The predicted octanol–water partition coefficient (Wildman–Crippen LogP) is 1.65. The van der Waals surface area contributed by atoms with Crippen molar-refractivity contribution in [3.63, 3.8) is 0 Å². The van der Waals surface area contributed by atoms with E-state index in [0.717, 1.165) is 18.9 Å². The first-order valence-electron chi connectivity index (χ1n) is 5.91. The highest BCUT2D eigenvalue weighted by Crippen LogP contribution is 2.48. The van der Waals surface area contributed by atoms with Gasteiger partial charge in [-0.25, -0.2) is 4.98 Å². The van der Waals surface area contributed by atoms with Crippen molar-refractivity contribution in [1.29, 1.82) is 0 Å². The van der Waals surface area contributed by atoms with Gasteiger partial charge in [0.15, 0.2) is 5.69 Å².